The number of hydrogen-bond donors (Lipinski definition) is 2. The van der Waals surface area contributed by atoms with Crippen LogP contribution in [0.3, 0.4) is 0 Å². The smallest absolute Gasteiger partial charge is 0.0771 e. The molecule has 1 unspecified atom stereocenters. The molecule has 0 aromatic rings. The minimum atomic E-state index is -0.387. The largest absolute Gasteiger partial charge is 0.389 e. The van der Waals surface area contributed by atoms with E-state index in [9.17, 15) is 5.11 Å². The van der Waals surface area contributed by atoms with Crippen molar-refractivity contribution in [3.8, 4) is 0 Å². The van der Waals surface area contributed by atoms with Crippen LogP contribution >= 0.6 is 11.8 Å². The Balaban J connectivity index is 1.63. The Morgan fingerprint density at radius 1 is 1.20 bits per heavy atom. The summed E-state index contributed by atoms with van der Waals surface area (Å²) in [6, 6.07) is 0. The summed E-state index contributed by atoms with van der Waals surface area (Å²) < 4.78 is 0. The van der Waals surface area contributed by atoms with Crippen molar-refractivity contribution in [1.82, 2.24) is 5.32 Å². The fourth-order valence-corrected chi connectivity index (χ4v) is 3.89. The number of rotatable bonds is 4. The summed E-state index contributed by atoms with van der Waals surface area (Å²) in [5, 5.41) is 14.5. The molecule has 0 radical (unpaired) electrons. The van der Waals surface area contributed by atoms with Crippen molar-refractivity contribution < 1.29 is 5.11 Å². The van der Waals surface area contributed by atoms with Crippen LogP contribution in [-0.4, -0.2) is 34.8 Å². The monoisotopic (exact) mass is 229 g/mol. The summed E-state index contributed by atoms with van der Waals surface area (Å²) in [6.45, 7) is 1.90. The molecule has 1 atom stereocenters. The zero-order valence-electron chi connectivity index (χ0n) is 9.50. The van der Waals surface area contributed by atoms with Gasteiger partial charge in [0.25, 0.3) is 0 Å². The molecule has 2 nitrogen and oxygen atoms in total. The number of nitrogens with one attached hydrogen (secondary N) is 1. The SMILES string of the molecule is OC1(CNCC2CCCS2)CCCCC1. The molecule has 1 aliphatic heterocycles. The summed E-state index contributed by atoms with van der Waals surface area (Å²) >= 11 is 2.08. The lowest BCUT2D eigenvalue weighted by molar-refractivity contribution is 0.00515. The molecule has 0 aromatic carbocycles. The van der Waals surface area contributed by atoms with Gasteiger partial charge in [-0.05, 0) is 31.4 Å². The van der Waals surface area contributed by atoms with Crippen molar-refractivity contribution in [2.24, 2.45) is 0 Å². The maximum Gasteiger partial charge on any atom is 0.0771 e. The predicted molar refractivity (Wildman–Crippen MR) is 66.4 cm³/mol. The second-order valence-electron chi connectivity index (χ2n) is 5.05. The molecule has 0 spiro atoms. The molecule has 2 fully saturated rings. The van der Waals surface area contributed by atoms with Crippen molar-refractivity contribution in [3.63, 3.8) is 0 Å². The van der Waals surface area contributed by atoms with Gasteiger partial charge in [-0.3, -0.25) is 0 Å². The molecule has 2 rings (SSSR count). The Bertz CT molecular complexity index is 186. The molecule has 0 bridgehead atoms. The number of hydrogen-bond acceptors (Lipinski definition) is 3. The van der Waals surface area contributed by atoms with Gasteiger partial charge in [-0.2, -0.15) is 11.8 Å². The van der Waals surface area contributed by atoms with Crippen molar-refractivity contribution in [2.75, 3.05) is 18.8 Å². The minimum absolute atomic E-state index is 0.387. The van der Waals surface area contributed by atoms with E-state index in [1.165, 1.54) is 37.9 Å². The molecule has 1 heterocycles. The van der Waals surface area contributed by atoms with Crippen molar-refractivity contribution >= 4 is 11.8 Å². The lowest BCUT2D eigenvalue weighted by Crippen LogP contribution is -2.43. The fourth-order valence-electron chi connectivity index (χ4n) is 2.66. The lowest BCUT2D eigenvalue weighted by Gasteiger charge is -2.32. The molecular formula is C12H23NOS. The standard InChI is InChI=1S/C12H23NOS/c14-12(6-2-1-3-7-12)10-13-9-11-5-4-8-15-11/h11,13-14H,1-10H2. The number of aliphatic hydroxyl groups is 1. The van der Waals surface area contributed by atoms with Gasteiger partial charge >= 0.3 is 0 Å². The number of thioether (sulfide) groups is 1. The van der Waals surface area contributed by atoms with E-state index < -0.39 is 0 Å². The first-order chi connectivity index (χ1) is 7.29. The van der Waals surface area contributed by atoms with Crippen LogP contribution in [0.25, 0.3) is 0 Å². The van der Waals surface area contributed by atoms with E-state index in [1.54, 1.807) is 0 Å². The molecule has 3 heteroatoms. The Morgan fingerprint density at radius 2 is 2.00 bits per heavy atom. The second kappa shape index (κ2) is 5.55. The van der Waals surface area contributed by atoms with Gasteiger partial charge in [0.2, 0.25) is 0 Å². The van der Waals surface area contributed by atoms with Crippen LogP contribution in [0.1, 0.15) is 44.9 Å². The average Bonchev–Trinajstić information content (AvgIpc) is 2.71. The van der Waals surface area contributed by atoms with Gasteiger partial charge in [-0.15, -0.1) is 0 Å². The van der Waals surface area contributed by atoms with E-state index in [2.05, 4.69) is 17.1 Å². The maximum absolute atomic E-state index is 10.3. The molecule has 0 amide bonds. The van der Waals surface area contributed by atoms with Gasteiger partial charge in [0, 0.05) is 18.3 Å². The van der Waals surface area contributed by atoms with Gasteiger partial charge in [0.1, 0.15) is 0 Å². The second-order valence-corrected chi connectivity index (χ2v) is 6.46. The Kier molecular flexibility index (Phi) is 4.35. The van der Waals surface area contributed by atoms with Crippen LogP contribution in [0, 0.1) is 0 Å². The predicted octanol–water partition coefficient (Wildman–Crippen LogP) is 2.17. The summed E-state index contributed by atoms with van der Waals surface area (Å²) in [4.78, 5) is 0. The quantitative estimate of drug-likeness (QED) is 0.775. The van der Waals surface area contributed by atoms with Crippen LogP contribution in [0.15, 0.2) is 0 Å². The van der Waals surface area contributed by atoms with E-state index in [-0.39, 0.29) is 5.60 Å². The first-order valence-electron chi connectivity index (χ1n) is 6.33. The Labute approximate surface area is 97.2 Å². The van der Waals surface area contributed by atoms with Crippen LogP contribution in [0.5, 0.6) is 0 Å². The van der Waals surface area contributed by atoms with Crippen LogP contribution in [0.2, 0.25) is 0 Å². The third-order valence-electron chi connectivity index (χ3n) is 3.63. The summed E-state index contributed by atoms with van der Waals surface area (Å²) in [5.74, 6) is 1.33. The van der Waals surface area contributed by atoms with Crippen LogP contribution < -0.4 is 5.32 Å². The minimum Gasteiger partial charge on any atom is -0.389 e. The third kappa shape index (κ3) is 3.65. The molecule has 2 aliphatic rings. The van der Waals surface area contributed by atoms with Crippen molar-refractivity contribution in [3.05, 3.63) is 0 Å². The van der Waals surface area contributed by atoms with Gasteiger partial charge in [-0.25, -0.2) is 0 Å². The van der Waals surface area contributed by atoms with E-state index in [0.29, 0.717) is 0 Å². The van der Waals surface area contributed by atoms with Crippen LogP contribution in [-0.2, 0) is 0 Å². The van der Waals surface area contributed by atoms with Gasteiger partial charge in [0.05, 0.1) is 5.60 Å². The van der Waals surface area contributed by atoms with Crippen molar-refractivity contribution in [1.29, 1.82) is 0 Å². The van der Waals surface area contributed by atoms with Gasteiger partial charge < -0.3 is 10.4 Å². The normalized spacial score (nSPS) is 30.6. The molecule has 2 N–H and O–H groups in total. The highest BCUT2D eigenvalue weighted by molar-refractivity contribution is 8.00. The zero-order valence-corrected chi connectivity index (χ0v) is 10.3. The van der Waals surface area contributed by atoms with E-state index in [4.69, 9.17) is 0 Å². The zero-order chi connectivity index (χ0) is 10.6. The molecule has 0 aromatic heterocycles. The first-order valence-corrected chi connectivity index (χ1v) is 7.38. The summed E-state index contributed by atoms with van der Waals surface area (Å²) in [6.07, 6.45) is 8.44. The molecule has 88 valence electrons. The van der Waals surface area contributed by atoms with E-state index in [1.807, 2.05) is 0 Å². The molecule has 15 heavy (non-hydrogen) atoms. The topological polar surface area (TPSA) is 32.3 Å². The highest BCUT2D eigenvalue weighted by Gasteiger charge is 2.28. The summed E-state index contributed by atoms with van der Waals surface area (Å²) in [5.41, 5.74) is -0.387. The van der Waals surface area contributed by atoms with E-state index >= 15 is 0 Å². The highest BCUT2D eigenvalue weighted by atomic mass is 32.2. The molecule has 1 saturated heterocycles. The summed E-state index contributed by atoms with van der Waals surface area (Å²) in [7, 11) is 0. The lowest BCUT2D eigenvalue weighted by atomic mass is 9.85. The molecule has 1 aliphatic carbocycles. The third-order valence-corrected chi connectivity index (χ3v) is 5.03. The van der Waals surface area contributed by atoms with Crippen LogP contribution in [0.4, 0.5) is 0 Å². The molecular weight excluding hydrogens is 206 g/mol. The van der Waals surface area contributed by atoms with E-state index in [0.717, 1.165) is 31.2 Å². The highest BCUT2D eigenvalue weighted by Crippen LogP contribution is 2.28. The van der Waals surface area contributed by atoms with Gasteiger partial charge in [-0.1, -0.05) is 19.3 Å². The average molecular weight is 229 g/mol. The Hall–Kier alpha value is 0.270. The molecule has 1 saturated carbocycles. The van der Waals surface area contributed by atoms with Gasteiger partial charge in [0.15, 0.2) is 0 Å². The first kappa shape index (κ1) is 11.7. The fraction of sp³-hybridized carbons (Fsp3) is 1.00. The maximum atomic E-state index is 10.3. The van der Waals surface area contributed by atoms with Crippen molar-refractivity contribution in [2.45, 2.75) is 55.8 Å². The Morgan fingerprint density at radius 3 is 2.67 bits per heavy atom.